The van der Waals surface area contributed by atoms with E-state index >= 15 is 0 Å². The Balaban J connectivity index is 2.38. The lowest BCUT2D eigenvalue weighted by Crippen LogP contribution is -2.48. The summed E-state index contributed by atoms with van der Waals surface area (Å²) in [6.07, 6.45) is 0.971. The van der Waals surface area contributed by atoms with Crippen molar-refractivity contribution in [3.05, 3.63) is 0 Å². The Morgan fingerprint density at radius 2 is 1.90 bits per heavy atom. The Hall–Kier alpha value is -1.44. The SMILES string of the molecule is CN(C)C(=O)N1CCC(C(=O)NCC(F)(F)CN)CC1. The number of piperidine rings is 1. The van der Waals surface area contributed by atoms with Gasteiger partial charge in [-0.05, 0) is 12.8 Å². The Bertz CT molecular complexity index is 355. The number of hydrogen-bond acceptors (Lipinski definition) is 3. The molecule has 1 fully saturated rings. The van der Waals surface area contributed by atoms with Crippen LogP contribution in [-0.4, -0.2) is 67.9 Å². The zero-order chi connectivity index (χ0) is 15.3. The molecule has 0 spiro atoms. The van der Waals surface area contributed by atoms with Crippen LogP contribution in [0.15, 0.2) is 0 Å². The number of alkyl halides is 2. The van der Waals surface area contributed by atoms with Gasteiger partial charge >= 0.3 is 6.03 Å². The van der Waals surface area contributed by atoms with Gasteiger partial charge in [-0.15, -0.1) is 0 Å². The number of hydrogen-bond donors (Lipinski definition) is 2. The van der Waals surface area contributed by atoms with Gasteiger partial charge in [-0.25, -0.2) is 13.6 Å². The van der Waals surface area contributed by atoms with Crippen LogP contribution in [-0.2, 0) is 4.79 Å². The number of likely N-dealkylation sites (tertiary alicyclic amines) is 1. The Labute approximate surface area is 117 Å². The zero-order valence-electron chi connectivity index (χ0n) is 11.9. The van der Waals surface area contributed by atoms with Gasteiger partial charge in [0.25, 0.3) is 5.92 Å². The summed E-state index contributed by atoms with van der Waals surface area (Å²) < 4.78 is 25.9. The molecule has 20 heavy (non-hydrogen) atoms. The lowest BCUT2D eigenvalue weighted by atomic mass is 9.96. The summed E-state index contributed by atoms with van der Waals surface area (Å²) in [6.45, 7) is -0.604. The lowest BCUT2D eigenvalue weighted by molar-refractivity contribution is -0.128. The maximum atomic E-state index is 12.9. The minimum absolute atomic E-state index is 0.0986. The second-order valence-corrected chi connectivity index (χ2v) is 5.22. The van der Waals surface area contributed by atoms with Crippen molar-refractivity contribution >= 4 is 11.9 Å². The number of nitrogens with two attached hydrogens (primary N) is 1. The first-order valence-corrected chi connectivity index (χ1v) is 6.58. The summed E-state index contributed by atoms with van der Waals surface area (Å²) in [5.74, 6) is -3.79. The largest absolute Gasteiger partial charge is 0.350 e. The van der Waals surface area contributed by atoms with Crippen LogP contribution in [0, 0.1) is 5.92 Å². The van der Waals surface area contributed by atoms with Crippen molar-refractivity contribution < 1.29 is 18.4 Å². The van der Waals surface area contributed by atoms with Crippen LogP contribution in [0.3, 0.4) is 0 Å². The van der Waals surface area contributed by atoms with Crippen molar-refractivity contribution in [3.63, 3.8) is 0 Å². The van der Waals surface area contributed by atoms with Gasteiger partial charge in [-0.1, -0.05) is 0 Å². The maximum Gasteiger partial charge on any atom is 0.319 e. The van der Waals surface area contributed by atoms with Crippen LogP contribution in [0.1, 0.15) is 12.8 Å². The normalized spacial score (nSPS) is 16.9. The number of carbonyl (C=O) groups excluding carboxylic acids is 2. The fourth-order valence-electron chi connectivity index (χ4n) is 2.05. The van der Waals surface area contributed by atoms with Crippen LogP contribution in [0.5, 0.6) is 0 Å². The summed E-state index contributed by atoms with van der Waals surface area (Å²) in [7, 11) is 3.33. The number of amides is 3. The van der Waals surface area contributed by atoms with E-state index in [-0.39, 0.29) is 11.9 Å². The van der Waals surface area contributed by atoms with Crippen molar-refractivity contribution in [3.8, 4) is 0 Å². The minimum atomic E-state index is -3.07. The van der Waals surface area contributed by atoms with Gasteiger partial charge < -0.3 is 20.9 Å². The summed E-state index contributed by atoms with van der Waals surface area (Å²) in [5, 5.41) is 2.23. The molecule has 1 saturated heterocycles. The molecule has 3 amide bonds. The molecular formula is C12H22F2N4O2. The van der Waals surface area contributed by atoms with Crippen molar-refractivity contribution in [2.24, 2.45) is 11.7 Å². The van der Waals surface area contributed by atoms with Crippen LogP contribution in [0.2, 0.25) is 0 Å². The van der Waals surface area contributed by atoms with E-state index in [0.717, 1.165) is 0 Å². The topological polar surface area (TPSA) is 78.7 Å². The molecule has 0 atom stereocenters. The van der Waals surface area contributed by atoms with E-state index in [1.165, 1.54) is 4.90 Å². The van der Waals surface area contributed by atoms with Gasteiger partial charge in [-0.3, -0.25) is 4.79 Å². The molecule has 0 radical (unpaired) electrons. The second-order valence-electron chi connectivity index (χ2n) is 5.22. The highest BCUT2D eigenvalue weighted by molar-refractivity contribution is 5.79. The van der Waals surface area contributed by atoms with E-state index in [0.29, 0.717) is 25.9 Å². The fraction of sp³-hybridized carbons (Fsp3) is 0.833. The molecule has 0 aromatic rings. The third-order valence-corrected chi connectivity index (χ3v) is 3.34. The first-order chi connectivity index (χ1) is 9.26. The van der Waals surface area contributed by atoms with Crippen molar-refractivity contribution in [2.45, 2.75) is 18.8 Å². The molecule has 1 aliphatic rings. The monoisotopic (exact) mass is 292 g/mol. The highest BCUT2D eigenvalue weighted by Crippen LogP contribution is 2.18. The number of urea groups is 1. The van der Waals surface area contributed by atoms with Crippen LogP contribution in [0.4, 0.5) is 13.6 Å². The molecule has 0 aromatic heterocycles. The minimum Gasteiger partial charge on any atom is -0.350 e. The van der Waals surface area contributed by atoms with Gasteiger partial charge in [0, 0.05) is 33.1 Å². The van der Waals surface area contributed by atoms with E-state index in [4.69, 9.17) is 5.73 Å². The number of nitrogens with zero attached hydrogens (tertiary/aromatic N) is 2. The Morgan fingerprint density at radius 1 is 1.35 bits per heavy atom. The van der Waals surface area contributed by atoms with Gasteiger partial charge in [0.05, 0.1) is 13.1 Å². The Kier molecular flexibility index (Phi) is 5.67. The third-order valence-electron chi connectivity index (χ3n) is 3.34. The van der Waals surface area contributed by atoms with Crippen molar-refractivity contribution in [1.29, 1.82) is 0 Å². The molecule has 1 heterocycles. The molecule has 3 N–H and O–H groups in total. The summed E-state index contributed by atoms with van der Waals surface area (Å²) >= 11 is 0. The molecule has 0 aromatic carbocycles. The summed E-state index contributed by atoms with van der Waals surface area (Å²) in [5.41, 5.74) is 4.90. The third kappa shape index (κ3) is 4.59. The van der Waals surface area contributed by atoms with Gasteiger partial charge in [0.15, 0.2) is 0 Å². The van der Waals surface area contributed by atoms with E-state index in [1.54, 1.807) is 19.0 Å². The highest BCUT2D eigenvalue weighted by atomic mass is 19.3. The highest BCUT2D eigenvalue weighted by Gasteiger charge is 2.31. The summed E-state index contributed by atoms with van der Waals surface area (Å²) in [4.78, 5) is 26.6. The Morgan fingerprint density at radius 3 is 2.35 bits per heavy atom. The van der Waals surface area contributed by atoms with Gasteiger partial charge in [0.2, 0.25) is 5.91 Å². The summed E-state index contributed by atoms with van der Waals surface area (Å²) in [6, 6.07) is -0.0986. The molecule has 1 aliphatic heterocycles. The van der Waals surface area contributed by atoms with Crippen molar-refractivity contribution in [2.75, 3.05) is 40.3 Å². The van der Waals surface area contributed by atoms with E-state index < -0.39 is 24.9 Å². The van der Waals surface area contributed by atoms with Gasteiger partial charge in [0.1, 0.15) is 0 Å². The lowest BCUT2D eigenvalue weighted by Gasteiger charge is -2.33. The van der Waals surface area contributed by atoms with E-state index in [1.807, 2.05) is 0 Å². The number of halogens is 2. The predicted molar refractivity (Wildman–Crippen MR) is 70.4 cm³/mol. The molecule has 0 unspecified atom stereocenters. The molecule has 6 nitrogen and oxygen atoms in total. The standard InChI is InChI=1S/C12H22F2N4O2/c1-17(2)11(20)18-5-3-9(4-6-18)10(19)16-8-12(13,14)7-15/h9H,3-8,15H2,1-2H3,(H,16,19). The van der Waals surface area contributed by atoms with Crippen LogP contribution < -0.4 is 11.1 Å². The van der Waals surface area contributed by atoms with Crippen molar-refractivity contribution in [1.82, 2.24) is 15.1 Å². The molecule has 8 heteroatoms. The van der Waals surface area contributed by atoms with Gasteiger partial charge in [-0.2, -0.15) is 0 Å². The maximum absolute atomic E-state index is 12.9. The molecule has 0 aliphatic carbocycles. The molecule has 0 bridgehead atoms. The fourth-order valence-corrected chi connectivity index (χ4v) is 2.05. The predicted octanol–water partition coefficient (Wildman–Crippen LogP) is 0.0902. The molecular weight excluding hydrogens is 270 g/mol. The first-order valence-electron chi connectivity index (χ1n) is 6.58. The average molecular weight is 292 g/mol. The number of nitrogens with one attached hydrogen (secondary N) is 1. The van der Waals surface area contributed by atoms with Crippen LogP contribution >= 0.6 is 0 Å². The second kappa shape index (κ2) is 6.83. The molecule has 116 valence electrons. The smallest absolute Gasteiger partial charge is 0.319 e. The first kappa shape index (κ1) is 16.6. The number of rotatable bonds is 4. The van der Waals surface area contributed by atoms with E-state index in [2.05, 4.69) is 5.32 Å². The van der Waals surface area contributed by atoms with Crippen LogP contribution in [0.25, 0.3) is 0 Å². The molecule has 1 rings (SSSR count). The zero-order valence-corrected chi connectivity index (χ0v) is 11.9. The average Bonchev–Trinajstić information content (AvgIpc) is 2.44. The number of carbonyl (C=O) groups is 2. The molecule has 0 saturated carbocycles. The van der Waals surface area contributed by atoms with E-state index in [9.17, 15) is 18.4 Å². The quantitative estimate of drug-likeness (QED) is 0.771.